The van der Waals surface area contributed by atoms with E-state index in [-0.39, 0.29) is 5.97 Å². The number of thioether (sulfide) groups is 1. The van der Waals surface area contributed by atoms with Crippen molar-refractivity contribution in [2.45, 2.75) is 31.3 Å². The summed E-state index contributed by atoms with van der Waals surface area (Å²) in [6.45, 7) is 5.03. The minimum atomic E-state index is -0.322. The van der Waals surface area contributed by atoms with Gasteiger partial charge in [0.05, 0.1) is 23.2 Å². The molecule has 0 atom stereocenters. The molecule has 0 fully saturated rings. The minimum absolute atomic E-state index is 0.322. The summed E-state index contributed by atoms with van der Waals surface area (Å²) < 4.78 is 7.20. The number of fused-ring (bicyclic) bond motifs is 1. The number of carbonyl (C=O) groups excluding carboxylic acids is 1. The number of imidazole rings is 1. The normalized spacial score (nSPS) is 11.0. The van der Waals surface area contributed by atoms with Crippen LogP contribution >= 0.6 is 23.4 Å². The third-order valence-electron chi connectivity index (χ3n) is 3.70. The van der Waals surface area contributed by atoms with Crippen molar-refractivity contribution in [3.8, 4) is 0 Å². The van der Waals surface area contributed by atoms with Gasteiger partial charge >= 0.3 is 5.97 Å². The summed E-state index contributed by atoms with van der Waals surface area (Å²) in [4.78, 5) is 20.7. The SMILES string of the molecule is CCOC(=O)c1ccc2c(c1)nc(SCc1ccc(Cl)nc1)n2CC. The Kier molecular flexibility index (Phi) is 5.60. The topological polar surface area (TPSA) is 57.0 Å². The van der Waals surface area contributed by atoms with Crippen LogP contribution in [0.3, 0.4) is 0 Å². The molecular weight excluding hydrogens is 358 g/mol. The molecule has 0 amide bonds. The molecule has 130 valence electrons. The van der Waals surface area contributed by atoms with Gasteiger partial charge in [-0.2, -0.15) is 0 Å². The summed E-state index contributed by atoms with van der Waals surface area (Å²) in [5, 5.41) is 1.40. The number of pyridine rings is 1. The Morgan fingerprint density at radius 3 is 2.80 bits per heavy atom. The van der Waals surface area contributed by atoms with E-state index in [2.05, 4.69) is 16.5 Å². The Labute approximate surface area is 155 Å². The molecule has 0 aliphatic rings. The molecule has 0 unspecified atom stereocenters. The molecule has 0 saturated heterocycles. The van der Waals surface area contributed by atoms with E-state index in [9.17, 15) is 4.79 Å². The lowest BCUT2D eigenvalue weighted by Crippen LogP contribution is -2.04. The van der Waals surface area contributed by atoms with Gasteiger partial charge in [0.25, 0.3) is 0 Å². The van der Waals surface area contributed by atoms with E-state index < -0.39 is 0 Å². The van der Waals surface area contributed by atoms with Gasteiger partial charge in [-0.1, -0.05) is 29.4 Å². The third kappa shape index (κ3) is 3.96. The molecule has 0 bridgehead atoms. The summed E-state index contributed by atoms with van der Waals surface area (Å²) in [6.07, 6.45) is 1.77. The van der Waals surface area contributed by atoms with Crippen LogP contribution in [-0.2, 0) is 17.0 Å². The van der Waals surface area contributed by atoms with Crippen molar-refractivity contribution in [3.63, 3.8) is 0 Å². The number of aromatic nitrogens is 3. The molecule has 0 radical (unpaired) electrons. The van der Waals surface area contributed by atoms with Crippen LogP contribution in [0.2, 0.25) is 5.15 Å². The van der Waals surface area contributed by atoms with Crippen molar-refractivity contribution >= 4 is 40.4 Å². The Morgan fingerprint density at radius 2 is 2.12 bits per heavy atom. The molecule has 3 aromatic rings. The fourth-order valence-corrected chi connectivity index (χ4v) is 3.63. The maximum absolute atomic E-state index is 11.9. The Balaban J connectivity index is 1.86. The van der Waals surface area contributed by atoms with E-state index in [1.807, 2.05) is 12.1 Å². The lowest BCUT2D eigenvalue weighted by atomic mass is 10.2. The predicted octanol–water partition coefficient (Wildman–Crippen LogP) is 4.57. The zero-order valence-corrected chi connectivity index (χ0v) is 15.6. The van der Waals surface area contributed by atoms with Crippen molar-refractivity contribution in [1.82, 2.24) is 14.5 Å². The molecule has 0 spiro atoms. The molecule has 7 heteroatoms. The number of ether oxygens (including phenoxy) is 1. The Morgan fingerprint density at radius 1 is 1.28 bits per heavy atom. The highest BCUT2D eigenvalue weighted by atomic mass is 35.5. The van der Waals surface area contributed by atoms with Crippen molar-refractivity contribution < 1.29 is 9.53 Å². The van der Waals surface area contributed by atoms with Gasteiger partial charge in [0.2, 0.25) is 0 Å². The lowest BCUT2D eigenvalue weighted by molar-refractivity contribution is 0.0526. The van der Waals surface area contributed by atoms with Crippen molar-refractivity contribution in [2.75, 3.05) is 6.61 Å². The molecule has 2 aromatic heterocycles. The van der Waals surface area contributed by atoms with E-state index in [0.717, 1.165) is 34.1 Å². The van der Waals surface area contributed by atoms with Gasteiger partial charge < -0.3 is 9.30 Å². The van der Waals surface area contributed by atoms with Gasteiger partial charge in [0, 0.05) is 18.5 Å². The number of rotatable bonds is 6. The second-order valence-corrected chi connectivity index (χ2v) is 6.67. The minimum Gasteiger partial charge on any atom is -0.462 e. The standard InChI is InChI=1S/C18H18ClN3O2S/c1-3-22-15-7-6-13(17(23)24-4-2)9-14(15)21-18(22)25-11-12-5-8-16(19)20-10-12/h5-10H,3-4,11H2,1-2H3. The van der Waals surface area contributed by atoms with Crippen LogP contribution in [0.5, 0.6) is 0 Å². The van der Waals surface area contributed by atoms with Crippen LogP contribution in [0.15, 0.2) is 41.7 Å². The molecule has 0 saturated carbocycles. The van der Waals surface area contributed by atoms with Gasteiger partial charge in [0.15, 0.2) is 5.16 Å². The second kappa shape index (κ2) is 7.89. The van der Waals surface area contributed by atoms with E-state index >= 15 is 0 Å². The number of carbonyl (C=O) groups is 1. The first kappa shape index (κ1) is 17.8. The molecule has 0 aliphatic carbocycles. The first-order valence-electron chi connectivity index (χ1n) is 8.03. The number of aryl methyl sites for hydroxylation is 1. The number of hydrogen-bond donors (Lipinski definition) is 0. The number of nitrogens with zero attached hydrogens (tertiary/aromatic N) is 3. The van der Waals surface area contributed by atoms with E-state index in [0.29, 0.717) is 17.3 Å². The van der Waals surface area contributed by atoms with E-state index in [4.69, 9.17) is 21.3 Å². The second-order valence-electron chi connectivity index (χ2n) is 5.34. The highest BCUT2D eigenvalue weighted by Gasteiger charge is 2.14. The lowest BCUT2D eigenvalue weighted by Gasteiger charge is -2.06. The quantitative estimate of drug-likeness (QED) is 0.358. The molecule has 25 heavy (non-hydrogen) atoms. The summed E-state index contributed by atoms with van der Waals surface area (Å²) in [6, 6.07) is 9.23. The summed E-state index contributed by atoms with van der Waals surface area (Å²) >= 11 is 7.45. The van der Waals surface area contributed by atoms with Gasteiger partial charge in [-0.05, 0) is 43.7 Å². The number of benzene rings is 1. The highest BCUT2D eigenvalue weighted by Crippen LogP contribution is 2.27. The fraction of sp³-hybridized carbons (Fsp3) is 0.278. The zero-order chi connectivity index (χ0) is 17.8. The van der Waals surface area contributed by atoms with Gasteiger partial charge in [-0.3, -0.25) is 0 Å². The molecule has 2 heterocycles. The Bertz CT molecular complexity index is 893. The molecular formula is C18H18ClN3O2S. The van der Waals surface area contributed by atoms with Crippen LogP contribution in [0.1, 0.15) is 29.8 Å². The molecule has 1 aromatic carbocycles. The summed E-state index contributed by atoms with van der Waals surface area (Å²) in [5.74, 6) is 0.426. The molecule has 0 aliphatic heterocycles. The first-order valence-corrected chi connectivity index (χ1v) is 9.39. The van der Waals surface area contributed by atoms with Gasteiger partial charge in [0.1, 0.15) is 5.15 Å². The van der Waals surface area contributed by atoms with Gasteiger partial charge in [-0.25, -0.2) is 14.8 Å². The van der Waals surface area contributed by atoms with Crippen LogP contribution in [-0.4, -0.2) is 27.1 Å². The van der Waals surface area contributed by atoms with Gasteiger partial charge in [-0.15, -0.1) is 0 Å². The smallest absolute Gasteiger partial charge is 0.338 e. The van der Waals surface area contributed by atoms with Crippen molar-refractivity contribution in [1.29, 1.82) is 0 Å². The van der Waals surface area contributed by atoms with E-state index in [1.54, 1.807) is 43.1 Å². The highest BCUT2D eigenvalue weighted by molar-refractivity contribution is 7.98. The largest absolute Gasteiger partial charge is 0.462 e. The van der Waals surface area contributed by atoms with Crippen LogP contribution in [0.4, 0.5) is 0 Å². The van der Waals surface area contributed by atoms with Crippen molar-refractivity contribution in [3.05, 3.63) is 52.8 Å². The predicted molar refractivity (Wildman–Crippen MR) is 100 cm³/mol. The average molecular weight is 376 g/mol. The maximum atomic E-state index is 11.9. The van der Waals surface area contributed by atoms with Crippen LogP contribution < -0.4 is 0 Å². The van der Waals surface area contributed by atoms with Crippen molar-refractivity contribution in [2.24, 2.45) is 0 Å². The number of esters is 1. The number of hydrogen-bond acceptors (Lipinski definition) is 5. The van der Waals surface area contributed by atoms with Crippen LogP contribution in [0.25, 0.3) is 11.0 Å². The number of halogens is 1. The molecule has 0 N–H and O–H groups in total. The first-order chi connectivity index (χ1) is 12.1. The molecule has 3 rings (SSSR count). The zero-order valence-electron chi connectivity index (χ0n) is 14.0. The fourth-order valence-electron chi connectivity index (χ4n) is 2.50. The van der Waals surface area contributed by atoms with Crippen LogP contribution in [0, 0.1) is 0 Å². The summed E-state index contributed by atoms with van der Waals surface area (Å²) in [5.41, 5.74) is 3.40. The average Bonchev–Trinajstić information content (AvgIpc) is 2.98. The Hall–Kier alpha value is -2.05. The molecule has 5 nitrogen and oxygen atoms in total. The maximum Gasteiger partial charge on any atom is 0.338 e. The summed E-state index contributed by atoms with van der Waals surface area (Å²) in [7, 11) is 0. The van der Waals surface area contributed by atoms with E-state index in [1.165, 1.54) is 0 Å². The third-order valence-corrected chi connectivity index (χ3v) is 4.97. The monoisotopic (exact) mass is 375 g/mol.